The summed E-state index contributed by atoms with van der Waals surface area (Å²) in [5.74, 6) is 1.52. The summed E-state index contributed by atoms with van der Waals surface area (Å²) in [5, 5.41) is 6.45. The fourth-order valence-electron chi connectivity index (χ4n) is 2.14. The molecule has 1 atom stereocenters. The molecule has 0 spiro atoms. The molecule has 1 rings (SSSR count). The van der Waals surface area contributed by atoms with Gasteiger partial charge in [-0.3, -0.25) is 0 Å². The van der Waals surface area contributed by atoms with Gasteiger partial charge in [0.15, 0.2) is 0 Å². The molecule has 0 amide bonds. The Morgan fingerprint density at radius 1 is 1.24 bits per heavy atom. The van der Waals surface area contributed by atoms with Crippen LogP contribution in [0.25, 0.3) is 0 Å². The molecule has 0 saturated carbocycles. The van der Waals surface area contributed by atoms with E-state index in [0.717, 1.165) is 17.9 Å². The van der Waals surface area contributed by atoms with E-state index in [-0.39, 0.29) is 17.8 Å². The lowest BCUT2D eigenvalue weighted by atomic mass is 10.0. The quantitative estimate of drug-likeness (QED) is 0.753. The molecule has 1 heterocycles. The Morgan fingerprint density at radius 2 is 1.86 bits per heavy atom. The number of carbonyl (C=O) groups excluding carboxylic acids is 1. The van der Waals surface area contributed by atoms with Gasteiger partial charge in [0.1, 0.15) is 24.0 Å². The standard InChI is InChI=1S/C15H26N4O2/c1-7-16-13-11(9(2)3)14(18-8-17-13)19-12(10(4)5)15(20)21-6/h8-10,12H,7H2,1-6H3,(H2,16,17,18,19). The average molecular weight is 294 g/mol. The van der Waals surface area contributed by atoms with E-state index in [1.165, 1.54) is 13.4 Å². The molecule has 21 heavy (non-hydrogen) atoms. The maximum atomic E-state index is 11.9. The van der Waals surface area contributed by atoms with Crippen LogP contribution in [-0.2, 0) is 9.53 Å². The highest BCUT2D eigenvalue weighted by molar-refractivity contribution is 5.80. The SMILES string of the molecule is CCNc1ncnc(NC(C(=O)OC)C(C)C)c1C(C)C. The second-order valence-electron chi connectivity index (χ2n) is 5.56. The summed E-state index contributed by atoms with van der Waals surface area (Å²) < 4.78 is 4.86. The van der Waals surface area contributed by atoms with Crippen molar-refractivity contribution in [1.82, 2.24) is 9.97 Å². The van der Waals surface area contributed by atoms with Gasteiger partial charge in [0.25, 0.3) is 0 Å². The second-order valence-corrected chi connectivity index (χ2v) is 5.56. The highest BCUT2D eigenvalue weighted by Crippen LogP contribution is 2.29. The zero-order valence-electron chi connectivity index (χ0n) is 13.7. The van der Waals surface area contributed by atoms with Crippen molar-refractivity contribution < 1.29 is 9.53 Å². The fourth-order valence-corrected chi connectivity index (χ4v) is 2.14. The third-order valence-electron chi connectivity index (χ3n) is 3.22. The maximum Gasteiger partial charge on any atom is 0.328 e. The molecule has 6 heteroatoms. The molecule has 0 radical (unpaired) electrons. The third kappa shape index (κ3) is 4.31. The van der Waals surface area contributed by atoms with Crippen molar-refractivity contribution in [3.8, 4) is 0 Å². The maximum absolute atomic E-state index is 11.9. The number of rotatable bonds is 7. The van der Waals surface area contributed by atoms with E-state index in [4.69, 9.17) is 4.74 Å². The van der Waals surface area contributed by atoms with Crippen molar-refractivity contribution >= 4 is 17.6 Å². The highest BCUT2D eigenvalue weighted by Gasteiger charge is 2.25. The molecule has 0 aliphatic rings. The zero-order valence-corrected chi connectivity index (χ0v) is 13.7. The summed E-state index contributed by atoms with van der Waals surface area (Å²) in [5.41, 5.74) is 0.980. The van der Waals surface area contributed by atoms with Crippen molar-refractivity contribution in [3.63, 3.8) is 0 Å². The number of anilines is 2. The Morgan fingerprint density at radius 3 is 2.33 bits per heavy atom. The molecule has 2 N–H and O–H groups in total. The molecular formula is C15H26N4O2. The van der Waals surface area contributed by atoms with Crippen molar-refractivity contribution in [2.45, 2.75) is 46.6 Å². The zero-order chi connectivity index (χ0) is 16.0. The van der Waals surface area contributed by atoms with E-state index < -0.39 is 6.04 Å². The van der Waals surface area contributed by atoms with Gasteiger partial charge in [-0.15, -0.1) is 0 Å². The second kappa shape index (κ2) is 7.81. The van der Waals surface area contributed by atoms with E-state index in [9.17, 15) is 4.79 Å². The van der Waals surface area contributed by atoms with Crippen molar-refractivity contribution in [3.05, 3.63) is 11.9 Å². The van der Waals surface area contributed by atoms with E-state index in [0.29, 0.717) is 5.82 Å². The molecule has 0 saturated heterocycles. The van der Waals surface area contributed by atoms with Gasteiger partial charge in [0, 0.05) is 12.1 Å². The first-order valence-electron chi connectivity index (χ1n) is 7.35. The molecular weight excluding hydrogens is 268 g/mol. The van der Waals surface area contributed by atoms with E-state index in [2.05, 4.69) is 34.4 Å². The molecule has 0 bridgehead atoms. The predicted octanol–water partition coefficient (Wildman–Crippen LogP) is 2.64. The van der Waals surface area contributed by atoms with Crippen LogP contribution in [0.5, 0.6) is 0 Å². The van der Waals surface area contributed by atoms with Crippen LogP contribution in [0.15, 0.2) is 6.33 Å². The Balaban J connectivity index is 3.16. The fraction of sp³-hybridized carbons (Fsp3) is 0.667. The van der Waals surface area contributed by atoms with Gasteiger partial charge in [0.2, 0.25) is 0 Å². The molecule has 0 aromatic carbocycles. The number of hydrogen-bond acceptors (Lipinski definition) is 6. The minimum absolute atomic E-state index is 0.0926. The molecule has 0 aliphatic carbocycles. The third-order valence-corrected chi connectivity index (χ3v) is 3.22. The van der Waals surface area contributed by atoms with Crippen LogP contribution in [-0.4, -0.2) is 35.6 Å². The predicted molar refractivity (Wildman–Crippen MR) is 84.5 cm³/mol. The first-order chi connectivity index (χ1) is 9.92. The molecule has 0 fully saturated rings. The van der Waals surface area contributed by atoms with Crippen LogP contribution in [0.3, 0.4) is 0 Å². The number of aromatic nitrogens is 2. The molecule has 6 nitrogen and oxygen atoms in total. The van der Waals surface area contributed by atoms with Crippen molar-refractivity contribution in [2.75, 3.05) is 24.3 Å². The topological polar surface area (TPSA) is 76.1 Å². The van der Waals surface area contributed by atoms with Gasteiger partial charge in [0.05, 0.1) is 7.11 Å². The number of ether oxygens (including phenoxy) is 1. The van der Waals surface area contributed by atoms with Crippen LogP contribution in [0.2, 0.25) is 0 Å². The summed E-state index contributed by atoms with van der Waals surface area (Å²) in [4.78, 5) is 20.5. The van der Waals surface area contributed by atoms with Crippen LogP contribution < -0.4 is 10.6 Å². The lowest BCUT2D eigenvalue weighted by Crippen LogP contribution is -2.36. The minimum atomic E-state index is -0.433. The lowest BCUT2D eigenvalue weighted by Gasteiger charge is -2.23. The average Bonchev–Trinajstić information content (AvgIpc) is 2.43. The van der Waals surface area contributed by atoms with E-state index in [1.807, 2.05) is 20.8 Å². The van der Waals surface area contributed by atoms with Crippen LogP contribution in [0.1, 0.15) is 46.1 Å². The minimum Gasteiger partial charge on any atom is -0.467 e. The van der Waals surface area contributed by atoms with Gasteiger partial charge in [-0.05, 0) is 18.8 Å². The molecule has 118 valence electrons. The molecule has 1 unspecified atom stereocenters. The Bertz CT molecular complexity index is 475. The smallest absolute Gasteiger partial charge is 0.328 e. The molecule has 1 aromatic rings. The van der Waals surface area contributed by atoms with Crippen LogP contribution in [0, 0.1) is 5.92 Å². The number of nitrogens with one attached hydrogen (secondary N) is 2. The van der Waals surface area contributed by atoms with Crippen molar-refractivity contribution in [1.29, 1.82) is 0 Å². The summed E-state index contributed by atoms with van der Waals surface area (Å²) in [6.07, 6.45) is 1.50. The van der Waals surface area contributed by atoms with Gasteiger partial charge in [-0.1, -0.05) is 27.7 Å². The first kappa shape index (κ1) is 17.2. The normalized spacial score (nSPS) is 12.4. The van der Waals surface area contributed by atoms with Crippen molar-refractivity contribution in [2.24, 2.45) is 5.92 Å². The first-order valence-corrected chi connectivity index (χ1v) is 7.35. The molecule has 0 aliphatic heterocycles. The Hall–Kier alpha value is -1.85. The van der Waals surface area contributed by atoms with Gasteiger partial charge in [-0.25, -0.2) is 14.8 Å². The molecule has 1 aromatic heterocycles. The van der Waals surface area contributed by atoms with Gasteiger partial charge >= 0.3 is 5.97 Å². The highest BCUT2D eigenvalue weighted by atomic mass is 16.5. The number of methoxy groups -OCH3 is 1. The van der Waals surface area contributed by atoms with E-state index in [1.54, 1.807) is 0 Å². The van der Waals surface area contributed by atoms with Gasteiger partial charge < -0.3 is 15.4 Å². The number of nitrogens with zero attached hydrogens (tertiary/aromatic N) is 2. The number of carbonyl (C=O) groups is 1. The number of hydrogen-bond donors (Lipinski definition) is 2. The Kier molecular flexibility index (Phi) is 6.39. The summed E-state index contributed by atoms with van der Waals surface area (Å²) >= 11 is 0. The summed E-state index contributed by atoms with van der Waals surface area (Å²) in [6.45, 7) is 10.9. The van der Waals surface area contributed by atoms with E-state index >= 15 is 0 Å². The van der Waals surface area contributed by atoms with Crippen LogP contribution in [0.4, 0.5) is 11.6 Å². The number of esters is 1. The lowest BCUT2D eigenvalue weighted by molar-refractivity contribution is -0.142. The summed E-state index contributed by atoms with van der Waals surface area (Å²) in [6, 6.07) is -0.433. The van der Waals surface area contributed by atoms with Gasteiger partial charge in [-0.2, -0.15) is 0 Å². The summed E-state index contributed by atoms with van der Waals surface area (Å²) in [7, 11) is 1.40. The van der Waals surface area contributed by atoms with Crippen LogP contribution >= 0.6 is 0 Å². The largest absolute Gasteiger partial charge is 0.467 e. The Labute approximate surface area is 126 Å². The monoisotopic (exact) mass is 294 g/mol.